The van der Waals surface area contributed by atoms with E-state index in [4.69, 9.17) is 5.73 Å². The number of aliphatic hydroxyl groups is 1. The fraction of sp³-hybridized carbons (Fsp3) is 0.533. The smallest absolute Gasteiger partial charge is 0.245 e. The lowest BCUT2D eigenvalue weighted by molar-refractivity contribution is -0.116. The maximum absolute atomic E-state index is 11.6. The number of nitrogens with two attached hydrogens (primary N) is 1. The molecule has 5 heteroatoms. The molecule has 4 atom stereocenters. The van der Waals surface area contributed by atoms with E-state index >= 15 is 0 Å². The van der Waals surface area contributed by atoms with Crippen molar-refractivity contribution >= 4 is 17.3 Å². The summed E-state index contributed by atoms with van der Waals surface area (Å²) in [6.07, 6.45) is 1.92. The van der Waals surface area contributed by atoms with Gasteiger partial charge in [-0.25, -0.2) is 0 Å². The van der Waals surface area contributed by atoms with E-state index in [0.717, 1.165) is 42.9 Å². The Morgan fingerprint density at radius 2 is 2.15 bits per heavy atom. The van der Waals surface area contributed by atoms with Crippen LogP contribution in [0.25, 0.3) is 0 Å². The van der Waals surface area contributed by atoms with Gasteiger partial charge in [0.25, 0.3) is 0 Å². The van der Waals surface area contributed by atoms with Crippen LogP contribution >= 0.6 is 0 Å². The molecule has 2 fully saturated rings. The third kappa shape index (κ3) is 1.66. The lowest BCUT2D eigenvalue weighted by atomic mass is 10.00. The summed E-state index contributed by atoms with van der Waals surface area (Å²) in [6.45, 7) is 1.91. The van der Waals surface area contributed by atoms with E-state index in [1.807, 2.05) is 18.2 Å². The third-order valence-corrected chi connectivity index (χ3v) is 5.10. The molecule has 3 aliphatic rings. The number of nitrogens with zero attached hydrogens (tertiary/aromatic N) is 1. The summed E-state index contributed by atoms with van der Waals surface area (Å²) < 4.78 is 0. The van der Waals surface area contributed by atoms with E-state index in [-0.39, 0.29) is 12.0 Å². The number of hydrogen-bond donors (Lipinski definition) is 3. The van der Waals surface area contributed by atoms with Crippen LogP contribution in [0.15, 0.2) is 18.2 Å². The number of rotatable bonds is 1. The summed E-state index contributed by atoms with van der Waals surface area (Å²) in [4.78, 5) is 13.9. The Morgan fingerprint density at radius 1 is 1.30 bits per heavy atom. The van der Waals surface area contributed by atoms with Gasteiger partial charge in [-0.05, 0) is 30.9 Å². The minimum atomic E-state index is -0.543. The maximum atomic E-state index is 11.6. The first-order valence-electron chi connectivity index (χ1n) is 7.27. The summed E-state index contributed by atoms with van der Waals surface area (Å²) in [5.41, 5.74) is 8.64. The number of fused-ring (bicyclic) bond motifs is 2. The molecule has 0 spiro atoms. The van der Waals surface area contributed by atoms with Crippen LogP contribution in [0.2, 0.25) is 0 Å². The fourth-order valence-electron chi connectivity index (χ4n) is 3.92. The summed E-state index contributed by atoms with van der Waals surface area (Å²) >= 11 is 0. The Hall–Kier alpha value is -1.59. The summed E-state index contributed by atoms with van der Waals surface area (Å²) in [6, 6.07) is 5.44. The molecule has 2 heterocycles. The summed E-state index contributed by atoms with van der Waals surface area (Å²) in [5.74, 6) is 0.876. The van der Waals surface area contributed by atoms with Crippen LogP contribution in [0.5, 0.6) is 0 Å². The predicted octanol–water partition coefficient (Wildman–Crippen LogP) is 0.846. The third-order valence-electron chi connectivity index (χ3n) is 5.10. The minimum Gasteiger partial charge on any atom is -0.393 e. The molecule has 0 bridgehead atoms. The van der Waals surface area contributed by atoms with Crippen molar-refractivity contribution in [1.82, 2.24) is 0 Å². The second kappa shape index (κ2) is 4.20. The minimum absolute atomic E-state index is 0.133. The molecule has 1 aliphatic carbocycles. The Morgan fingerprint density at radius 3 is 2.95 bits per heavy atom. The number of aliphatic hydroxyl groups excluding tert-OH is 1. The molecule has 106 valence electrons. The molecule has 0 radical (unpaired) electrons. The van der Waals surface area contributed by atoms with Gasteiger partial charge < -0.3 is 21.1 Å². The van der Waals surface area contributed by atoms with Gasteiger partial charge in [0.05, 0.1) is 6.10 Å². The molecule has 20 heavy (non-hydrogen) atoms. The van der Waals surface area contributed by atoms with Gasteiger partial charge in [-0.2, -0.15) is 0 Å². The van der Waals surface area contributed by atoms with Gasteiger partial charge in [0.15, 0.2) is 0 Å². The highest BCUT2D eigenvalue weighted by molar-refractivity contribution is 6.02. The second-order valence-electron chi connectivity index (χ2n) is 6.21. The molecule has 4 N–H and O–H groups in total. The van der Waals surface area contributed by atoms with Gasteiger partial charge >= 0.3 is 0 Å². The number of nitrogens with one attached hydrogen (secondary N) is 1. The van der Waals surface area contributed by atoms with Gasteiger partial charge in [-0.1, -0.05) is 6.07 Å². The van der Waals surface area contributed by atoms with Gasteiger partial charge in [-0.3, -0.25) is 4.79 Å². The number of carbonyl (C=O) groups excluding carboxylic acids is 1. The van der Waals surface area contributed by atoms with Crippen molar-refractivity contribution in [1.29, 1.82) is 0 Å². The van der Waals surface area contributed by atoms with Crippen LogP contribution in [0, 0.1) is 11.8 Å². The van der Waals surface area contributed by atoms with Crippen molar-refractivity contribution in [3.05, 3.63) is 23.8 Å². The highest BCUT2D eigenvalue weighted by Gasteiger charge is 2.42. The normalized spacial score (nSPS) is 35.1. The van der Waals surface area contributed by atoms with Crippen molar-refractivity contribution in [3.8, 4) is 0 Å². The zero-order valence-corrected chi connectivity index (χ0v) is 11.2. The predicted molar refractivity (Wildman–Crippen MR) is 76.4 cm³/mol. The molecular weight excluding hydrogens is 254 g/mol. The Kier molecular flexibility index (Phi) is 2.56. The highest BCUT2D eigenvalue weighted by atomic mass is 16.3. The van der Waals surface area contributed by atoms with E-state index in [0.29, 0.717) is 11.8 Å². The lowest BCUT2D eigenvalue weighted by Gasteiger charge is -2.21. The van der Waals surface area contributed by atoms with Crippen LogP contribution in [-0.4, -0.2) is 30.2 Å². The monoisotopic (exact) mass is 273 g/mol. The standard InChI is InChI=1S/C15H19N3O2/c16-14-10-3-2-9(5-12(10)17-15(14)20)18-6-8-1-4-13(19)11(8)7-18/h2-3,5,8,11,13-14,19H,1,4,6-7,16H2,(H,17,20). The van der Waals surface area contributed by atoms with Crippen molar-refractivity contribution in [3.63, 3.8) is 0 Å². The average Bonchev–Trinajstić information content (AvgIpc) is 3.07. The first-order chi connectivity index (χ1) is 9.63. The zero-order chi connectivity index (χ0) is 13.9. The number of hydrogen-bond acceptors (Lipinski definition) is 4. The summed E-state index contributed by atoms with van der Waals surface area (Å²) in [5, 5.41) is 12.8. The Bertz CT molecular complexity index is 574. The van der Waals surface area contributed by atoms with Crippen molar-refractivity contribution in [2.45, 2.75) is 25.0 Å². The number of amides is 1. The van der Waals surface area contributed by atoms with Crippen molar-refractivity contribution in [2.75, 3.05) is 23.3 Å². The first kappa shape index (κ1) is 12.2. The number of carbonyl (C=O) groups is 1. The van der Waals surface area contributed by atoms with E-state index < -0.39 is 6.04 Å². The van der Waals surface area contributed by atoms with Crippen LogP contribution in [0.1, 0.15) is 24.4 Å². The maximum Gasteiger partial charge on any atom is 0.245 e. The van der Waals surface area contributed by atoms with Gasteiger partial charge in [-0.15, -0.1) is 0 Å². The van der Waals surface area contributed by atoms with E-state index in [1.54, 1.807) is 0 Å². The Balaban J connectivity index is 1.59. The molecule has 1 saturated heterocycles. The van der Waals surface area contributed by atoms with Gasteiger partial charge in [0.2, 0.25) is 5.91 Å². The van der Waals surface area contributed by atoms with Crippen LogP contribution < -0.4 is 16.0 Å². The molecule has 5 nitrogen and oxygen atoms in total. The molecule has 4 unspecified atom stereocenters. The van der Waals surface area contributed by atoms with Gasteiger partial charge in [0, 0.05) is 35.9 Å². The van der Waals surface area contributed by atoms with Crippen molar-refractivity contribution < 1.29 is 9.90 Å². The van der Waals surface area contributed by atoms with Gasteiger partial charge in [0.1, 0.15) is 6.04 Å². The zero-order valence-electron chi connectivity index (χ0n) is 11.2. The molecule has 2 aliphatic heterocycles. The lowest BCUT2D eigenvalue weighted by Crippen LogP contribution is -2.24. The second-order valence-corrected chi connectivity index (χ2v) is 6.21. The SMILES string of the molecule is NC1C(=O)Nc2cc(N3CC4CCC(O)C4C3)ccc21. The summed E-state index contributed by atoms with van der Waals surface area (Å²) in [7, 11) is 0. The van der Waals surface area contributed by atoms with Crippen LogP contribution in [-0.2, 0) is 4.79 Å². The number of benzene rings is 1. The topological polar surface area (TPSA) is 78.6 Å². The van der Waals surface area contributed by atoms with Crippen molar-refractivity contribution in [2.24, 2.45) is 17.6 Å². The molecular formula is C15H19N3O2. The van der Waals surface area contributed by atoms with E-state index in [2.05, 4.69) is 10.2 Å². The van der Waals surface area contributed by atoms with Crippen LogP contribution in [0.3, 0.4) is 0 Å². The highest BCUT2D eigenvalue weighted by Crippen LogP contribution is 2.41. The molecule has 1 aromatic carbocycles. The van der Waals surface area contributed by atoms with E-state index in [1.165, 1.54) is 0 Å². The first-order valence-corrected chi connectivity index (χ1v) is 7.27. The fourth-order valence-corrected chi connectivity index (χ4v) is 3.92. The van der Waals surface area contributed by atoms with E-state index in [9.17, 15) is 9.90 Å². The quantitative estimate of drug-likeness (QED) is 0.708. The van der Waals surface area contributed by atoms with Crippen LogP contribution in [0.4, 0.5) is 11.4 Å². The molecule has 4 rings (SSSR count). The average molecular weight is 273 g/mol. The largest absolute Gasteiger partial charge is 0.393 e. The number of anilines is 2. The molecule has 1 amide bonds. The molecule has 0 aromatic heterocycles. The molecule has 1 saturated carbocycles. The Labute approximate surface area is 117 Å². The molecule has 1 aromatic rings.